The van der Waals surface area contributed by atoms with Crippen LogP contribution in [0.5, 0.6) is 0 Å². The van der Waals surface area contributed by atoms with Crippen LogP contribution in [0.1, 0.15) is 31.9 Å². The van der Waals surface area contributed by atoms with Crippen molar-refractivity contribution in [3.8, 4) is 0 Å². The predicted molar refractivity (Wildman–Crippen MR) is 78.7 cm³/mol. The molecule has 102 valence electrons. The van der Waals surface area contributed by atoms with E-state index in [1.807, 2.05) is 46.8 Å². The van der Waals surface area contributed by atoms with Gasteiger partial charge in [0.15, 0.2) is 0 Å². The molecule has 1 aromatic rings. The third-order valence-electron chi connectivity index (χ3n) is 3.01. The van der Waals surface area contributed by atoms with E-state index in [1.54, 1.807) is 6.07 Å². The van der Waals surface area contributed by atoms with Crippen LogP contribution in [-0.2, 0) is 10.0 Å². The summed E-state index contributed by atoms with van der Waals surface area (Å²) in [5.41, 5.74) is 1.27. The van der Waals surface area contributed by atoms with Crippen molar-refractivity contribution in [1.82, 2.24) is 4.72 Å². The van der Waals surface area contributed by atoms with Gasteiger partial charge in [-0.15, -0.1) is 0 Å². The molecule has 1 N–H and O–H groups in total. The first-order valence-corrected chi connectivity index (χ1v) is 8.21. The van der Waals surface area contributed by atoms with E-state index in [0.717, 1.165) is 11.1 Å². The smallest absolute Gasteiger partial charge is 0.207 e. The molecule has 0 aromatic heterocycles. The quantitative estimate of drug-likeness (QED) is 0.860. The Hall–Kier alpha value is -0.390. The minimum absolute atomic E-state index is 0.0329. The molecule has 3 nitrogen and oxygen atoms in total. The van der Waals surface area contributed by atoms with Crippen molar-refractivity contribution in [1.29, 1.82) is 0 Å². The highest BCUT2D eigenvalue weighted by Gasteiger charge is 2.30. The first-order valence-electron chi connectivity index (χ1n) is 5.81. The second-order valence-electron chi connectivity index (χ2n) is 5.21. The number of hydrogen-bond acceptors (Lipinski definition) is 2. The number of nitrogens with one attached hydrogen (secondary N) is 1. The van der Waals surface area contributed by atoms with E-state index in [4.69, 9.17) is 0 Å². The van der Waals surface area contributed by atoms with Crippen molar-refractivity contribution < 1.29 is 8.42 Å². The number of alkyl halides is 1. The van der Waals surface area contributed by atoms with E-state index in [0.29, 0.717) is 4.90 Å². The van der Waals surface area contributed by atoms with Crippen LogP contribution in [0.2, 0.25) is 0 Å². The van der Waals surface area contributed by atoms with Crippen molar-refractivity contribution in [3.05, 3.63) is 29.3 Å². The molecule has 0 radical (unpaired) electrons. The third kappa shape index (κ3) is 3.56. The van der Waals surface area contributed by atoms with Gasteiger partial charge < -0.3 is 0 Å². The van der Waals surface area contributed by atoms with Crippen LogP contribution >= 0.6 is 15.9 Å². The molecular formula is C13H20BrNO2S. The number of benzene rings is 1. The van der Waals surface area contributed by atoms with Crippen LogP contribution in [0.3, 0.4) is 0 Å². The Morgan fingerprint density at radius 2 is 1.83 bits per heavy atom. The molecule has 0 amide bonds. The van der Waals surface area contributed by atoms with Gasteiger partial charge in [0.25, 0.3) is 0 Å². The van der Waals surface area contributed by atoms with Crippen molar-refractivity contribution in [2.75, 3.05) is 0 Å². The first kappa shape index (κ1) is 15.7. The molecule has 0 saturated heterocycles. The van der Waals surface area contributed by atoms with Crippen molar-refractivity contribution >= 4 is 26.0 Å². The van der Waals surface area contributed by atoms with Crippen LogP contribution < -0.4 is 4.72 Å². The van der Waals surface area contributed by atoms with E-state index >= 15 is 0 Å². The zero-order chi connectivity index (χ0) is 14.1. The summed E-state index contributed by atoms with van der Waals surface area (Å²) in [5, 5.41) is 0. The Morgan fingerprint density at radius 3 is 2.28 bits per heavy atom. The maximum atomic E-state index is 12.4. The van der Waals surface area contributed by atoms with Gasteiger partial charge in [0.2, 0.25) is 10.0 Å². The minimum atomic E-state index is -3.49. The lowest BCUT2D eigenvalue weighted by molar-refractivity contribution is 0.453. The van der Waals surface area contributed by atoms with Gasteiger partial charge in [0, 0.05) is 10.4 Å². The summed E-state index contributed by atoms with van der Waals surface area (Å²) < 4.78 is 27.4. The lowest BCUT2D eigenvalue weighted by Crippen LogP contribution is -2.48. The molecule has 5 heteroatoms. The zero-order valence-electron chi connectivity index (χ0n) is 11.4. The van der Waals surface area contributed by atoms with Crippen LogP contribution in [0.4, 0.5) is 0 Å². The molecule has 0 fully saturated rings. The minimum Gasteiger partial charge on any atom is -0.207 e. The maximum absolute atomic E-state index is 12.4. The van der Waals surface area contributed by atoms with Gasteiger partial charge in [-0.2, -0.15) is 0 Å². The van der Waals surface area contributed by atoms with Crippen molar-refractivity contribution in [2.24, 2.45) is 0 Å². The highest BCUT2D eigenvalue weighted by atomic mass is 79.9. The fourth-order valence-corrected chi connectivity index (χ4v) is 3.56. The van der Waals surface area contributed by atoms with E-state index < -0.39 is 15.6 Å². The Balaban J connectivity index is 3.15. The summed E-state index contributed by atoms with van der Waals surface area (Å²) in [6.45, 7) is 9.39. The molecule has 0 aliphatic heterocycles. The van der Waals surface area contributed by atoms with Gasteiger partial charge in [-0.25, -0.2) is 13.1 Å². The molecule has 0 spiro atoms. The molecule has 0 bridgehead atoms. The van der Waals surface area contributed by atoms with Gasteiger partial charge in [0.05, 0.1) is 4.90 Å². The van der Waals surface area contributed by atoms with Crippen LogP contribution in [0.15, 0.2) is 23.1 Å². The highest BCUT2D eigenvalue weighted by molar-refractivity contribution is 9.09. The molecule has 1 rings (SSSR count). The van der Waals surface area contributed by atoms with Crippen molar-refractivity contribution in [3.63, 3.8) is 0 Å². The fourth-order valence-electron chi connectivity index (χ4n) is 1.58. The lowest BCUT2D eigenvalue weighted by Gasteiger charge is -2.29. The monoisotopic (exact) mass is 333 g/mol. The topological polar surface area (TPSA) is 46.2 Å². The lowest BCUT2D eigenvalue weighted by atomic mass is 10.0. The number of hydrogen-bond donors (Lipinski definition) is 1. The number of rotatable bonds is 4. The zero-order valence-corrected chi connectivity index (χ0v) is 13.8. The summed E-state index contributed by atoms with van der Waals surface area (Å²) in [4.78, 5) is 0.375. The molecule has 0 aliphatic carbocycles. The maximum Gasteiger partial charge on any atom is 0.241 e. The highest BCUT2D eigenvalue weighted by Crippen LogP contribution is 2.22. The molecule has 1 aromatic carbocycles. The Bertz CT molecular complexity index is 536. The summed E-state index contributed by atoms with van der Waals surface area (Å²) in [7, 11) is -3.49. The third-order valence-corrected chi connectivity index (χ3v) is 5.99. The second-order valence-corrected chi connectivity index (χ2v) is 8.24. The molecular weight excluding hydrogens is 314 g/mol. The Morgan fingerprint density at radius 1 is 1.28 bits per heavy atom. The van der Waals surface area contributed by atoms with Crippen LogP contribution in [0, 0.1) is 13.8 Å². The molecule has 0 aliphatic rings. The largest absolute Gasteiger partial charge is 0.241 e. The van der Waals surface area contributed by atoms with E-state index in [1.165, 1.54) is 0 Å². The van der Waals surface area contributed by atoms with Gasteiger partial charge in [-0.3, -0.25) is 0 Å². The molecule has 1 unspecified atom stereocenters. The van der Waals surface area contributed by atoms with Gasteiger partial charge in [-0.05, 0) is 39.3 Å². The summed E-state index contributed by atoms with van der Waals surface area (Å²) in [5.74, 6) is 0. The SMILES string of the molecule is Cc1ccc(S(=O)(=O)NC(C)(C)C(C)Br)c(C)c1. The fraction of sp³-hybridized carbons (Fsp3) is 0.538. The Labute approximate surface area is 118 Å². The molecule has 0 saturated carbocycles. The van der Waals surface area contributed by atoms with Crippen molar-refractivity contribution in [2.45, 2.75) is 49.9 Å². The molecule has 18 heavy (non-hydrogen) atoms. The Kier molecular flexibility index (Phi) is 4.62. The summed E-state index contributed by atoms with van der Waals surface area (Å²) >= 11 is 3.42. The number of sulfonamides is 1. The first-order chi connectivity index (χ1) is 8.06. The molecule has 1 atom stereocenters. The number of aryl methyl sites for hydroxylation is 2. The average molecular weight is 334 g/mol. The number of halogens is 1. The normalized spacial score (nSPS) is 14.6. The second kappa shape index (κ2) is 5.31. The van der Waals surface area contributed by atoms with E-state index in [9.17, 15) is 8.42 Å². The van der Waals surface area contributed by atoms with Crippen LogP contribution in [0.25, 0.3) is 0 Å². The molecule has 0 heterocycles. The van der Waals surface area contributed by atoms with Gasteiger partial charge in [-0.1, -0.05) is 40.5 Å². The van der Waals surface area contributed by atoms with Gasteiger partial charge in [0.1, 0.15) is 0 Å². The van der Waals surface area contributed by atoms with E-state index in [2.05, 4.69) is 20.7 Å². The summed E-state index contributed by atoms with van der Waals surface area (Å²) in [6, 6.07) is 5.34. The van der Waals surface area contributed by atoms with Gasteiger partial charge >= 0.3 is 0 Å². The standard InChI is InChI=1S/C13H20BrNO2S/c1-9-6-7-12(10(2)8-9)18(16,17)15-13(4,5)11(3)14/h6-8,11,15H,1-5H3. The summed E-state index contributed by atoms with van der Waals surface area (Å²) in [6.07, 6.45) is 0. The predicted octanol–water partition coefficient (Wildman–Crippen LogP) is 3.14. The van der Waals surface area contributed by atoms with Crippen LogP contribution in [-0.4, -0.2) is 18.8 Å². The van der Waals surface area contributed by atoms with E-state index in [-0.39, 0.29) is 4.83 Å². The average Bonchev–Trinajstić information content (AvgIpc) is 2.14.